The summed E-state index contributed by atoms with van der Waals surface area (Å²) in [5.41, 5.74) is 17.7. The van der Waals surface area contributed by atoms with Gasteiger partial charge in [0, 0.05) is 5.41 Å². The third-order valence-electron chi connectivity index (χ3n) is 12.5. The van der Waals surface area contributed by atoms with Crippen molar-refractivity contribution in [3.63, 3.8) is 0 Å². The Morgan fingerprint density at radius 1 is 0.263 bits per heavy atom. The maximum Gasteiger partial charge on any atom is 0.0159 e. The molecule has 0 radical (unpaired) electrons. The van der Waals surface area contributed by atoms with E-state index in [0.717, 1.165) is 0 Å². The van der Waals surface area contributed by atoms with E-state index in [2.05, 4.69) is 220 Å². The van der Waals surface area contributed by atoms with E-state index >= 15 is 0 Å². The van der Waals surface area contributed by atoms with Crippen molar-refractivity contribution in [2.45, 2.75) is 19.3 Å². The van der Waals surface area contributed by atoms with Crippen LogP contribution in [0.3, 0.4) is 0 Å². The molecule has 57 heavy (non-hydrogen) atoms. The lowest BCUT2D eigenvalue weighted by molar-refractivity contribution is 0.660. The highest BCUT2D eigenvalue weighted by atomic mass is 14.4. The zero-order chi connectivity index (χ0) is 38.1. The standard InChI is InChI=1S/C57H40/c1-57(2)53-27-14-13-23-46(53)47-32-30-42(36-54(47)57)56-49-25-12-11-24-48(49)55(50-33-28-40(34-52(50)56)44-26-15-21-38-20-9-10-22-43(38)44)41-29-31-45(37-16-5-3-6-17-37)51(35-41)39-18-7-4-8-19-39/h3-36H,1-2H3. The molecule has 0 unspecified atom stereocenters. The second-order valence-corrected chi connectivity index (χ2v) is 16.0. The maximum absolute atomic E-state index is 2.49. The van der Waals surface area contributed by atoms with E-state index in [1.807, 2.05) is 0 Å². The summed E-state index contributed by atoms with van der Waals surface area (Å²) < 4.78 is 0. The summed E-state index contributed by atoms with van der Waals surface area (Å²) in [5.74, 6) is 0. The van der Waals surface area contributed by atoms with Crippen LogP contribution in [0.5, 0.6) is 0 Å². The molecule has 1 aliphatic carbocycles. The van der Waals surface area contributed by atoms with E-state index in [-0.39, 0.29) is 5.41 Å². The Kier molecular flexibility index (Phi) is 7.63. The Morgan fingerprint density at radius 2 is 0.772 bits per heavy atom. The van der Waals surface area contributed by atoms with E-state index in [4.69, 9.17) is 0 Å². The summed E-state index contributed by atoms with van der Waals surface area (Å²) in [5, 5.41) is 7.55. The second kappa shape index (κ2) is 13.0. The van der Waals surface area contributed by atoms with Crippen LogP contribution >= 0.6 is 0 Å². The van der Waals surface area contributed by atoms with Gasteiger partial charge in [-0.25, -0.2) is 0 Å². The highest BCUT2D eigenvalue weighted by Crippen LogP contribution is 2.52. The van der Waals surface area contributed by atoms with Gasteiger partial charge < -0.3 is 0 Å². The molecular formula is C57H40. The monoisotopic (exact) mass is 724 g/mol. The highest BCUT2D eigenvalue weighted by molar-refractivity contribution is 6.22. The van der Waals surface area contributed by atoms with E-state index in [1.165, 1.54) is 110 Å². The lowest BCUT2D eigenvalue weighted by Crippen LogP contribution is -2.14. The minimum absolute atomic E-state index is 0.101. The van der Waals surface area contributed by atoms with E-state index in [1.54, 1.807) is 0 Å². The molecule has 0 saturated carbocycles. The Balaban J connectivity index is 1.22. The molecule has 0 saturated heterocycles. The lowest BCUT2D eigenvalue weighted by Gasteiger charge is -2.23. The molecule has 0 amide bonds. The van der Waals surface area contributed by atoms with E-state index < -0.39 is 0 Å². The fourth-order valence-electron chi connectivity index (χ4n) is 9.73. The normalized spacial score (nSPS) is 12.9. The van der Waals surface area contributed by atoms with Crippen LogP contribution in [0.1, 0.15) is 25.0 Å². The first-order chi connectivity index (χ1) is 28.0. The summed E-state index contributed by atoms with van der Waals surface area (Å²) >= 11 is 0. The maximum atomic E-state index is 2.49. The van der Waals surface area contributed by atoms with Gasteiger partial charge in [-0.15, -0.1) is 0 Å². The largest absolute Gasteiger partial charge is 0.0622 e. The van der Waals surface area contributed by atoms with Crippen LogP contribution in [-0.4, -0.2) is 0 Å². The molecule has 0 atom stereocenters. The van der Waals surface area contributed by atoms with Crippen LogP contribution in [-0.2, 0) is 5.41 Å². The van der Waals surface area contributed by atoms with Crippen molar-refractivity contribution >= 4 is 32.3 Å². The van der Waals surface area contributed by atoms with Crippen LogP contribution in [0.15, 0.2) is 206 Å². The van der Waals surface area contributed by atoms with Gasteiger partial charge in [0.05, 0.1) is 0 Å². The van der Waals surface area contributed by atoms with Gasteiger partial charge in [-0.3, -0.25) is 0 Å². The van der Waals surface area contributed by atoms with Crippen LogP contribution in [0.4, 0.5) is 0 Å². The summed E-state index contributed by atoms with van der Waals surface area (Å²) in [6.07, 6.45) is 0. The van der Waals surface area contributed by atoms with Crippen molar-refractivity contribution in [2.75, 3.05) is 0 Å². The van der Waals surface area contributed by atoms with Gasteiger partial charge in [0.15, 0.2) is 0 Å². The fourth-order valence-corrected chi connectivity index (χ4v) is 9.73. The highest BCUT2D eigenvalue weighted by Gasteiger charge is 2.35. The van der Waals surface area contributed by atoms with Crippen molar-refractivity contribution in [3.8, 4) is 66.8 Å². The van der Waals surface area contributed by atoms with Gasteiger partial charge in [0.25, 0.3) is 0 Å². The van der Waals surface area contributed by atoms with Gasteiger partial charge in [-0.05, 0) is 128 Å². The van der Waals surface area contributed by atoms with E-state index in [0.29, 0.717) is 0 Å². The molecule has 0 aliphatic heterocycles. The van der Waals surface area contributed by atoms with Crippen LogP contribution in [0, 0.1) is 0 Å². The first-order valence-corrected chi connectivity index (χ1v) is 20.0. The van der Waals surface area contributed by atoms with E-state index in [9.17, 15) is 0 Å². The van der Waals surface area contributed by atoms with Gasteiger partial charge in [-0.1, -0.05) is 202 Å². The predicted octanol–water partition coefficient (Wildman–Crippen LogP) is 15.8. The summed E-state index contributed by atoms with van der Waals surface area (Å²) in [6.45, 7) is 4.76. The number of rotatable bonds is 5. The zero-order valence-corrected chi connectivity index (χ0v) is 32.1. The molecule has 268 valence electrons. The Morgan fingerprint density at radius 3 is 1.53 bits per heavy atom. The molecule has 11 rings (SSSR count). The summed E-state index contributed by atoms with van der Waals surface area (Å²) in [4.78, 5) is 0. The molecule has 0 spiro atoms. The average molecular weight is 725 g/mol. The molecule has 0 heteroatoms. The minimum Gasteiger partial charge on any atom is -0.0622 e. The van der Waals surface area contributed by atoms with Crippen molar-refractivity contribution in [2.24, 2.45) is 0 Å². The molecule has 0 N–H and O–H groups in total. The van der Waals surface area contributed by atoms with Gasteiger partial charge in [0.2, 0.25) is 0 Å². The Labute approximate surface area is 334 Å². The fraction of sp³-hybridized carbons (Fsp3) is 0.0526. The molecule has 0 fully saturated rings. The molecule has 10 aromatic carbocycles. The zero-order valence-electron chi connectivity index (χ0n) is 32.1. The molecule has 0 heterocycles. The second-order valence-electron chi connectivity index (χ2n) is 16.0. The first-order valence-electron chi connectivity index (χ1n) is 20.0. The third-order valence-corrected chi connectivity index (χ3v) is 12.5. The van der Waals surface area contributed by atoms with Crippen molar-refractivity contribution in [1.29, 1.82) is 0 Å². The minimum atomic E-state index is -0.101. The topological polar surface area (TPSA) is 0 Å². The number of fused-ring (bicyclic) bond motifs is 6. The molecule has 0 nitrogen and oxygen atoms in total. The molecule has 0 aromatic heterocycles. The van der Waals surface area contributed by atoms with Crippen LogP contribution in [0.2, 0.25) is 0 Å². The van der Waals surface area contributed by atoms with Crippen molar-refractivity contribution in [1.82, 2.24) is 0 Å². The predicted molar refractivity (Wildman–Crippen MR) is 244 cm³/mol. The van der Waals surface area contributed by atoms with Gasteiger partial charge in [-0.2, -0.15) is 0 Å². The number of benzene rings is 10. The third kappa shape index (κ3) is 5.29. The smallest absolute Gasteiger partial charge is 0.0159 e. The van der Waals surface area contributed by atoms with Gasteiger partial charge >= 0.3 is 0 Å². The first kappa shape index (κ1) is 33.3. The van der Waals surface area contributed by atoms with Gasteiger partial charge in [0.1, 0.15) is 0 Å². The Hall–Kier alpha value is -7.02. The molecular weight excluding hydrogens is 685 g/mol. The summed E-state index contributed by atoms with van der Waals surface area (Å²) in [7, 11) is 0. The van der Waals surface area contributed by atoms with Crippen molar-refractivity contribution in [3.05, 3.63) is 217 Å². The Bertz CT molecular complexity index is 3180. The molecule has 1 aliphatic rings. The van der Waals surface area contributed by atoms with Crippen LogP contribution < -0.4 is 0 Å². The summed E-state index contributed by atoms with van der Waals surface area (Å²) in [6, 6.07) is 76.5. The molecule has 10 aromatic rings. The molecule has 0 bridgehead atoms. The quantitative estimate of drug-likeness (QED) is 0.155. The van der Waals surface area contributed by atoms with Crippen LogP contribution in [0.25, 0.3) is 99.1 Å². The number of hydrogen-bond donors (Lipinski definition) is 0. The SMILES string of the molecule is CC1(C)c2ccccc2-c2ccc(-c3c4ccccc4c(-c4ccc(-c5ccccc5)c(-c5ccccc5)c4)c4ccc(-c5cccc6ccccc56)cc34)cc21. The van der Waals surface area contributed by atoms with Crippen molar-refractivity contribution < 1.29 is 0 Å². The lowest BCUT2D eigenvalue weighted by atomic mass is 9.80. The number of hydrogen-bond acceptors (Lipinski definition) is 0. The average Bonchev–Trinajstić information content (AvgIpc) is 3.50.